The zero-order valence-corrected chi connectivity index (χ0v) is 14.1. The molecule has 0 aliphatic carbocycles. The SMILES string of the molecule is O=C(OCCCc1cccnc1)OCc1ccc(OI)cc1. The lowest BCUT2D eigenvalue weighted by atomic mass is 10.2. The highest BCUT2D eigenvalue weighted by Crippen LogP contribution is 2.14. The van der Waals surface area contributed by atoms with Gasteiger partial charge in [0.25, 0.3) is 0 Å². The number of rotatable bonds is 7. The first-order valence-corrected chi connectivity index (χ1v) is 7.72. The van der Waals surface area contributed by atoms with Crippen LogP contribution in [0.5, 0.6) is 5.75 Å². The first-order chi connectivity index (χ1) is 10.8. The number of hydrogen-bond donors (Lipinski definition) is 0. The van der Waals surface area contributed by atoms with Crippen LogP contribution in [0, 0.1) is 0 Å². The number of ether oxygens (including phenoxy) is 2. The second kappa shape index (κ2) is 9.24. The van der Waals surface area contributed by atoms with E-state index in [0.29, 0.717) is 6.61 Å². The third-order valence-electron chi connectivity index (χ3n) is 2.92. The standard InChI is InChI=1S/C16H16INO4/c17-22-15-7-5-14(6-8-15)12-21-16(19)20-10-2-4-13-3-1-9-18-11-13/h1,3,5-9,11H,2,4,10,12H2. The van der Waals surface area contributed by atoms with Gasteiger partial charge in [-0.15, -0.1) is 0 Å². The van der Waals surface area contributed by atoms with Crippen LogP contribution in [0.3, 0.4) is 0 Å². The van der Waals surface area contributed by atoms with Crippen molar-refractivity contribution in [3.63, 3.8) is 0 Å². The molecule has 0 atom stereocenters. The largest absolute Gasteiger partial charge is 0.508 e. The summed E-state index contributed by atoms with van der Waals surface area (Å²) in [6.45, 7) is 0.512. The highest BCUT2D eigenvalue weighted by molar-refractivity contribution is 14.1. The van der Waals surface area contributed by atoms with E-state index in [1.54, 1.807) is 6.20 Å². The maximum atomic E-state index is 11.5. The summed E-state index contributed by atoms with van der Waals surface area (Å²) in [7, 11) is 0. The van der Waals surface area contributed by atoms with Crippen LogP contribution in [0.2, 0.25) is 0 Å². The number of halogens is 1. The minimum atomic E-state index is -0.652. The molecule has 0 bridgehead atoms. The predicted octanol–water partition coefficient (Wildman–Crippen LogP) is 4.10. The first kappa shape index (κ1) is 16.5. The van der Waals surface area contributed by atoms with Crippen LogP contribution in [-0.2, 0) is 22.5 Å². The lowest BCUT2D eigenvalue weighted by molar-refractivity contribution is 0.0492. The van der Waals surface area contributed by atoms with Crippen LogP contribution in [0.1, 0.15) is 17.5 Å². The summed E-state index contributed by atoms with van der Waals surface area (Å²) in [5.74, 6) is 0.752. The number of nitrogens with zero attached hydrogens (tertiary/aromatic N) is 1. The summed E-state index contributed by atoms with van der Waals surface area (Å²) in [4.78, 5) is 15.5. The van der Waals surface area contributed by atoms with Crippen LogP contribution < -0.4 is 3.07 Å². The molecular formula is C16H16INO4. The van der Waals surface area contributed by atoms with Crippen molar-refractivity contribution < 1.29 is 17.3 Å². The second-order valence-electron chi connectivity index (χ2n) is 4.57. The quantitative estimate of drug-likeness (QED) is 0.389. The Balaban J connectivity index is 1.61. The summed E-state index contributed by atoms with van der Waals surface area (Å²) < 4.78 is 15.1. The molecule has 22 heavy (non-hydrogen) atoms. The molecule has 0 spiro atoms. The molecule has 0 N–H and O–H groups in total. The first-order valence-electron chi connectivity index (χ1n) is 6.84. The van der Waals surface area contributed by atoms with Crippen molar-refractivity contribution in [1.82, 2.24) is 4.98 Å². The van der Waals surface area contributed by atoms with E-state index >= 15 is 0 Å². The van der Waals surface area contributed by atoms with Crippen LogP contribution >= 0.6 is 23.0 Å². The zero-order chi connectivity index (χ0) is 15.6. The van der Waals surface area contributed by atoms with Crippen molar-refractivity contribution in [3.8, 4) is 5.75 Å². The maximum absolute atomic E-state index is 11.5. The summed E-state index contributed by atoms with van der Waals surface area (Å²) >= 11 is 1.81. The van der Waals surface area contributed by atoms with Gasteiger partial charge in [0.15, 0.2) is 23.0 Å². The molecule has 2 rings (SSSR count). The highest BCUT2D eigenvalue weighted by Gasteiger charge is 2.04. The zero-order valence-electron chi connectivity index (χ0n) is 11.9. The molecule has 0 aliphatic rings. The van der Waals surface area contributed by atoms with Crippen molar-refractivity contribution in [2.24, 2.45) is 0 Å². The Kier molecular flexibility index (Phi) is 6.95. The van der Waals surface area contributed by atoms with E-state index in [1.807, 2.05) is 65.6 Å². The molecule has 5 nitrogen and oxygen atoms in total. The minimum Gasteiger partial charge on any atom is -0.434 e. The van der Waals surface area contributed by atoms with Crippen molar-refractivity contribution in [1.29, 1.82) is 0 Å². The van der Waals surface area contributed by atoms with Crippen molar-refractivity contribution in [3.05, 3.63) is 59.9 Å². The molecule has 0 saturated carbocycles. The minimum absolute atomic E-state index is 0.183. The molecule has 116 valence electrons. The fourth-order valence-electron chi connectivity index (χ4n) is 1.80. The molecule has 1 aromatic heterocycles. The van der Waals surface area contributed by atoms with Gasteiger partial charge in [-0.05, 0) is 42.2 Å². The predicted molar refractivity (Wildman–Crippen MR) is 89.8 cm³/mol. The Labute approximate surface area is 143 Å². The van der Waals surface area contributed by atoms with Crippen LogP contribution in [0.25, 0.3) is 0 Å². The van der Waals surface area contributed by atoms with Crippen LogP contribution in [0.15, 0.2) is 48.8 Å². The lowest BCUT2D eigenvalue weighted by Crippen LogP contribution is -2.09. The van der Waals surface area contributed by atoms with Gasteiger partial charge in [-0.3, -0.25) is 4.98 Å². The van der Waals surface area contributed by atoms with Gasteiger partial charge >= 0.3 is 6.16 Å². The maximum Gasteiger partial charge on any atom is 0.508 e. The Morgan fingerprint density at radius 3 is 2.59 bits per heavy atom. The lowest BCUT2D eigenvalue weighted by Gasteiger charge is -2.07. The van der Waals surface area contributed by atoms with Crippen molar-refractivity contribution >= 4 is 29.2 Å². The number of hydrogen-bond acceptors (Lipinski definition) is 5. The Bertz CT molecular complexity index is 574. The number of aryl methyl sites for hydroxylation is 1. The van der Waals surface area contributed by atoms with Gasteiger partial charge in [-0.1, -0.05) is 18.2 Å². The van der Waals surface area contributed by atoms with Gasteiger partial charge in [-0.2, -0.15) is 0 Å². The van der Waals surface area contributed by atoms with Gasteiger partial charge in [0, 0.05) is 12.4 Å². The van der Waals surface area contributed by atoms with E-state index in [4.69, 9.17) is 12.5 Å². The van der Waals surface area contributed by atoms with Gasteiger partial charge in [-0.25, -0.2) is 4.79 Å². The molecule has 0 unspecified atom stereocenters. The third-order valence-corrected chi connectivity index (χ3v) is 3.43. The van der Waals surface area contributed by atoms with Gasteiger partial charge in [0.2, 0.25) is 0 Å². The fourth-order valence-corrected chi connectivity index (χ4v) is 2.09. The summed E-state index contributed by atoms with van der Waals surface area (Å²) in [5.41, 5.74) is 2.00. The molecule has 0 amide bonds. The second-order valence-corrected chi connectivity index (χ2v) is 5.01. The smallest absolute Gasteiger partial charge is 0.434 e. The topological polar surface area (TPSA) is 57.7 Å². The normalized spacial score (nSPS) is 10.0. The molecule has 2 aromatic rings. The van der Waals surface area contributed by atoms with E-state index in [2.05, 4.69) is 4.98 Å². The molecule has 0 fully saturated rings. The summed E-state index contributed by atoms with van der Waals surface area (Å²) in [5, 5.41) is 0. The third kappa shape index (κ3) is 5.88. The van der Waals surface area contributed by atoms with Crippen LogP contribution in [-0.4, -0.2) is 17.7 Å². The Morgan fingerprint density at radius 1 is 1.09 bits per heavy atom. The number of carbonyl (C=O) groups excluding carboxylic acids is 1. The Morgan fingerprint density at radius 2 is 1.91 bits per heavy atom. The van der Waals surface area contributed by atoms with Crippen LogP contribution in [0.4, 0.5) is 4.79 Å². The average Bonchev–Trinajstić information content (AvgIpc) is 2.58. The number of carbonyl (C=O) groups is 1. The number of aromatic nitrogens is 1. The fraction of sp³-hybridized carbons (Fsp3) is 0.250. The Hall–Kier alpha value is -1.83. The van der Waals surface area contributed by atoms with E-state index in [9.17, 15) is 4.79 Å². The van der Waals surface area contributed by atoms with E-state index in [1.165, 1.54) is 0 Å². The molecule has 0 radical (unpaired) electrons. The molecule has 6 heteroatoms. The van der Waals surface area contributed by atoms with Crippen molar-refractivity contribution in [2.75, 3.05) is 6.61 Å². The van der Waals surface area contributed by atoms with E-state index in [0.717, 1.165) is 29.7 Å². The molecule has 0 saturated heterocycles. The van der Waals surface area contributed by atoms with Gasteiger partial charge < -0.3 is 12.5 Å². The number of benzene rings is 1. The molecule has 0 aliphatic heterocycles. The number of pyridine rings is 1. The average molecular weight is 413 g/mol. The van der Waals surface area contributed by atoms with Gasteiger partial charge in [0.05, 0.1) is 6.61 Å². The summed E-state index contributed by atoms with van der Waals surface area (Å²) in [6, 6.07) is 11.2. The molecule has 1 aromatic carbocycles. The molecular weight excluding hydrogens is 397 g/mol. The summed E-state index contributed by atoms with van der Waals surface area (Å²) in [6.07, 6.45) is 4.44. The van der Waals surface area contributed by atoms with E-state index in [-0.39, 0.29) is 6.61 Å². The van der Waals surface area contributed by atoms with Crippen molar-refractivity contribution in [2.45, 2.75) is 19.4 Å². The monoisotopic (exact) mass is 413 g/mol. The highest BCUT2D eigenvalue weighted by atomic mass is 127. The van der Waals surface area contributed by atoms with Gasteiger partial charge in [0.1, 0.15) is 12.4 Å². The van der Waals surface area contributed by atoms with E-state index < -0.39 is 6.16 Å². The molecule has 1 heterocycles.